The number of benzene rings is 3. The molecule has 0 heterocycles. The quantitative estimate of drug-likeness (QED) is 0.182. The molecular formula is C30H35NO5S. The van der Waals surface area contributed by atoms with Crippen LogP contribution < -0.4 is 5.32 Å². The lowest BCUT2D eigenvalue weighted by Crippen LogP contribution is -2.07. The highest BCUT2D eigenvalue weighted by Gasteiger charge is 2.14. The Balaban J connectivity index is 1.34. The van der Waals surface area contributed by atoms with E-state index in [0.29, 0.717) is 17.5 Å². The number of anilines is 1. The molecule has 0 aliphatic carbocycles. The molecule has 0 atom stereocenters. The van der Waals surface area contributed by atoms with Crippen LogP contribution in [0.5, 0.6) is 0 Å². The third-order valence-electron chi connectivity index (χ3n) is 6.43. The SMILES string of the molecule is CC(=O)c1ccc(S(=O)(=O)CCCCCCCNc2ccccc2CCc2ccc(C(=O)O)cc2)cc1. The molecule has 2 N–H and O–H groups in total. The van der Waals surface area contributed by atoms with Crippen LogP contribution in [-0.4, -0.2) is 37.6 Å². The number of hydrogen-bond donors (Lipinski definition) is 2. The van der Waals surface area contributed by atoms with E-state index >= 15 is 0 Å². The summed E-state index contributed by atoms with van der Waals surface area (Å²) < 4.78 is 25.0. The summed E-state index contributed by atoms with van der Waals surface area (Å²) in [5.74, 6) is -0.868. The van der Waals surface area contributed by atoms with Crippen molar-refractivity contribution in [2.24, 2.45) is 0 Å². The van der Waals surface area contributed by atoms with E-state index in [0.717, 1.165) is 56.3 Å². The lowest BCUT2D eigenvalue weighted by molar-refractivity contribution is 0.0696. The molecule has 0 saturated heterocycles. The monoisotopic (exact) mass is 521 g/mol. The number of rotatable bonds is 15. The number of Topliss-reactive ketones (excluding diaryl/α,β-unsaturated/α-hetero) is 1. The number of hydrogen-bond acceptors (Lipinski definition) is 5. The van der Waals surface area contributed by atoms with Crippen molar-refractivity contribution in [2.75, 3.05) is 17.6 Å². The summed E-state index contributed by atoms with van der Waals surface area (Å²) >= 11 is 0. The maximum Gasteiger partial charge on any atom is 0.335 e. The molecule has 0 bridgehead atoms. The number of carbonyl (C=O) groups excluding carboxylic acids is 1. The predicted octanol–water partition coefficient (Wildman–Crippen LogP) is 6.21. The third kappa shape index (κ3) is 8.86. The summed E-state index contributed by atoms with van der Waals surface area (Å²) in [6.07, 6.45) is 6.20. The Labute approximate surface area is 219 Å². The molecule has 0 spiro atoms. The van der Waals surface area contributed by atoms with Gasteiger partial charge in [0.05, 0.1) is 16.2 Å². The van der Waals surface area contributed by atoms with Crippen molar-refractivity contribution in [3.05, 3.63) is 95.1 Å². The Morgan fingerprint density at radius 1 is 0.757 bits per heavy atom. The zero-order chi connectivity index (χ0) is 26.7. The maximum atomic E-state index is 12.5. The molecule has 0 aromatic heterocycles. The van der Waals surface area contributed by atoms with Gasteiger partial charge >= 0.3 is 5.97 Å². The van der Waals surface area contributed by atoms with Crippen molar-refractivity contribution < 1.29 is 23.1 Å². The van der Waals surface area contributed by atoms with Crippen molar-refractivity contribution in [1.29, 1.82) is 0 Å². The van der Waals surface area contributed by atoms with Gasteiger partial charge in [0.1, 0.15) is 0 Å². The van der Waals surface area contributed by atoms with E-state index < -0.39 is 15.8 Å². The molecule has 0 radical (unpaired) electrons. The second-order valence-corrected chi connectivity index (χ2v) is 11.4. The van der Waals surface area contributed by atoms with Gasteiger partial charge in [0.25, 0.3) is 0 Å². The van der Waals surface area contributed by atoms with Crippen LogP contribution in [0.1, 0.15) is 70.9 Å². The van der Waals surface area contributed by atoms with Crippen molar-refractivity contribution in [3.8, 4) is 0 Å². The fraction of sp³-hybridized carbons (Fsp3) is 0.333. The van der Waals surface area contributed by atoms with Gasteiger partial charge in [-0.3, -0.25) is 4.79 Å². The van der Waals surface area contributed by atoms with Gasteiger partial charge in [-0.15, -0.1) is 0 Å². The van der Waals surface area contributed by atoms with Crippen LogP contribution in [0.15, 0.2) is 77.7 Å². The zero-order valence-electron chi connectivity index (χ0n) is 21.3. The molecule has 0 amide bonds. The van der Waals surface area contributed by atoms with Crippen LogP contribution in [0.4, 0.5) is 5.69 Å². The molecule has 0 aliphatic heterocycles. The van der Waals surface area contributed by atoms with E-state index in [9.17, 15) is 18.0 Å². The molecule has 37 heavy (non-hydrogen) atoms. The smallest absolute Gasteiger partial charge is 0.335 e. The molecule has 0 saturated carbocycles. The van der Waals surface area contributed by atoms with Crippen LogP contribution in [-0.2, 0) is 22.7 Å². The maximum absolute atomic E-state index is 12.5. The van der Waals surface area contributed by atoms with Gasteiger partial charge in [-0.05, 0) is 74.1 Å². The number of sulfone groups is 1. The minimum absolute atomic E-state index is 0.0771. The minimum Gasteiger partial charge on any atom is -0.478 e. The number of aromatic carboxylic acids is 1. The third-order valence-corrected chi connectivity index (χ3v) is 8.24. The number of ketones is 1. The van der Waals surface area contributed by atoms with Gasteiger partial charge in [-0.25, -0.2) is 13.2 Å². The van der Waals surface area contributed by atoms with Crippen LogP contribution in [0, 0.1) is 0 Å². The second kappa shape index (κ2) is 13.7. The van der Waals surface area contributed by atoms with Gasteiger partial charge < -0.3 is 10.4 Å². The van der Waals surface area contributed by atoms with E-state index in [1.54, 1.807) is 24.3 Å². The molecule has 6 nitrogen and oxygen atoms in total. The summed E-state index contributed by atoms with van der Waals surface area (Å²) in [4.78, 5) is 22.7. The van der Waals surface area contributed by atoms with E-state index in [-0.39, 0.29) is 16.4 Å². The minimum atomic E-state index is -3.32. The lowest BCUT2D eigenvalue weighted by atomic mass is 10.0. The Kier molecular flexibility index (Phi) is 10.4. The van der Waals surface area contributed by atoms with Crippen LogP contribution >= 0.6 is 0 Å². The first-order chi connectivity index (χ1) is 17.8. The average molecular weight is 522 g/mol. The number of carboxylic acid groups (broad SMARTS) is 1. The summed E-state index contributed by atoms with van der Waals surface area (Å²) in [6, 6.07) is 21.4. The number of nitrogens with one attached hydrogen (secondary N) is 1. The van der Waals surface area contributed by atoms with Crippen molar-refractivity contribution in [1.82, 2.24) is 0 Å². The Hall–Kier alpha value is -3.45. The first-order valence-electron chi connectivity index (χ1n) is 12.7. The van der Waals surface area contributed by atoms with Crippen molar-refractivity contribution in [2.45, 2.75) is 56.8 Å². The summed E-state index contributed by atoms with van der Waals surface area (Å²) in [5.41, 5.74) is 4.27. The molecule has 0 unspecified atom stereocenters. The van der Waals surface area contributed by atoms with Crippen molar-refractivity contribution >= 4 is 27.3 Å². The highest BCUT2D eigenvalue weighted by atomic mass is 32.2. The molecule has 0 aliphatic rings. The summed E-state index contributed by atoms with van der Waals surface area (Å²) in [5, 5.41) is 12.6. The fourth-order valence-corrected chi connectivity index (χ4v) is 5.56. The molecular weight excluding hydrogens is 486 g/mol. The van der Waals surface area contributed by atoms with Gasteiger partial charge in [-0.2, -0.15) is 0 Å². The average Bonchev–Trinajstić information content (AvgIpc) is 2.89. The standard InChI is InChI=1S/C30H35NO5S/c1-23(32)25-17-19-28(20-18-25)37(35,36)22-8-4-2-3-7-21-31-29-10-6-5-9-26(29)14-11-24-12-15-27(16-13-24)30(33)34/h5-6,9-10,12-13,15-20,31H,2-4,7-8,11,14,21-22H2,1H3,(H,33,34). The molecule has 3 rings (SSSR count). The number of aryl methyl sites for hydroxylation is 2. The first kappa shape index (κ1) is 28.1. The Morgan fingerprint density at radius 3 is 2.05 bits per heavy atom. The van der Waals surface area contributed by atoms with Gasteiger partial charge in [-0.1, -0.05) is 61.7 Å². The lowest BCUT2D eigenvalue weighted by Gasteiger charge is -2.12. The second-order valence-electron chi connectivity index (χ2n) is 9.25. The Morgan fingerprint density at radius 2 is 1.38 bits per heavy atom. The first-order valence-corrected chi connectivity index (χ1v) is 14.4. The van der Waals surface area contributed by atoms with E-state index in [1.807, 2.05) is 24.3 Å². The zero-order valence-corrected chi connectivity index (χ0v) is 22.1. The van der Waals surface area contributed by atoms with Crippen LogP contribution in [0.2, 0.25) is 0 Å². The van der Waals surface area contributed by atoms with Gasteiger partial charge in [0.15, 0.2) is 15.6 Å². The number of carboxylic acids is 1. The van der Waals surface area contributed by atoms with Crippen LogP contribution in [0.25, 0.3) is 0 Å². The van der Waals surface area contributed by atoms with E-state index in [1.165, 1.54) is 24.6 Å². The highest BCUT2D eigenvalue weighted by Crippen LogP contribution is 2.19. The Bertz CT molecular complexity index is 1280. The fourth-order valence-electron chi connectivity index (χ4n) is 4.19. The molecule has 196 valence electrons. The van der Waals surface area contributed by atoms with Gasteiger partial charge in [0.2, 0.25) is 0 Å². The van der Waals surface area contributed by atoms with E-state index in [4.69, 9.17) is 5.11 Å². The topological polar surface area (TPSA) is 101 Å². The molecule has 0 fully saturated rings. The van der Waals surface area contributed by atoms with Gasteiger partial charge in [0, 0.05) is 17.8 Å². The molecule has 3 aromatic carbocycles. The van der Waals surface area contributed by atoms with Crippen LogP contribution in [0.3, 0.4) is 0 Å². The summed E-state index contributed by atoms with van der Waals surface area (Å²) in [7, 11) is -3.32. The predicted molar refractivity (Wildman–Crippen MR) is 147 cm³/mol. The molecule has 3 aromatic rings. The molecule has 7 heteroatoms. The van der Waals surface area contributed by atoms with Crippen molar-refractivity contribution in [3.63, 3.8) is 0 Å². The normalized spacial score (nSPS) is 11.3. The number of para-hydroxylation sites is 1. The largest absolute Gasteiger partial charge is 0.478 e. The highest BCUT2D eigenvalue weighted by molar-refractivity contribution is 7.91. The number of unbranched alkanes of at least 4 members (excludes halogenated alkanes) is 4. The van der Waals surface area contributed by atoms with E-state index in [2.05, 4.69) is 17.4 Å². The number of carbonyl (C=O) groups is 2. The summed E-state index contributed by atoms with van der Waals surface area (Å²) in [6.45, 7) is 2.32.